The van der Waals surface area contributed by atoms with E-state index in [4.69, 9.17) is 5.11 Å². The summed E-state index contributed by atoms with van der Waals surface area (Å²) >= 11 is 1.92. The minimum absolute atomic E-state index is 0.0287. The molecular formula is C13H22N2O3S. The quantitative estimate of drug-likeness (QED) is 0.738. The molecule has 5 nitrogen and oxygen atoms in total. The van der Waals surface area contributed by atoms with Gasteiger partial charge in [-0.1, -0.05) is 12.8 Å². The van der Waals surface area contributed by atoms with E-state index in [1.165, 1.54) is 0 Å². The SMILES string of the molecule is O=C(O)CC1(NC(=O)NC2CCSCC2)CCCC1. The number of carboxylic acid groups (broad SMARTS) is 1. The number of rotatable bonds is 4. The molecule has 1 saturated heterocycles. The van der Waals surface area contributed by atoms with Gasteiger partial charge < -0.3 is 15.7 Å². The van der Waals surface area contributed by atoms with Crippen LogP contribution in [0.3, 0.4) is 0 Å². The van der Waals surface area contributed by atoms with Crippen LogP contribution >= 0.6 is 11.8 Å². The summed E-state index contributed by atoms with van der Waals surface area (Å²) in [5, 5.41) is 14.9. The molecular weight excluding hydrogens is 264 g/mol. The molecule has 1 aliphatic heterocycles. The van der Waals surface area contributed by atoms with Crippen molar-refractivity contribution in [1.29, 1.82) is 0 Å². The lowest BCUT2D eigenvalue weighted by Crippen LogP contribution is -2.54. The van der Waals surface area contributed by atoms with Gasteiger partial charge in [-0.2, -0.15) is 11.8 Å². The van der Waals surface area contributed by atoms with Gasteiger partial charge in [0.1, 0.15) is 0 Å². The maximum absolute atomic E-state index is 12.0. The number of urea groups is 1. The molecule has 0 bridgehead atoms. The molecule has 2 amide bonds. The van der Waals surface area contributed by atoms with Gasteiger partial charge in [0, 0.05) is 6.04 Å². The largest absolute Gasteiger partial charge is 0.481 e. The standard InChI is InChI=1S/C13H22N2O3S/c16-11(17)9-13(5-1-2-6-13)15-12(18)14-10-3-7-19-8-4-10/h10H,1-9H2,(H,16,17)(H2,14,15,18). The number of thioether (sulfide) groups is 1. The Morgan fingerprint density at radius 2 is 1.84 bits per heavy atom. The smallest absolute Gasteiger partial charge is 0.315 e. The van der Waals surface area contributed by atoms with Gasteiger partial charge in [-0.05, 0) is 37.2 Å². The van der Waals surface area contributed by atoms with E-state index in [-0.39, 0.29) is 18.5 Å². The average Bonchev–Trinajstić information content (AvgIpc) is 2.77. The van der Waals surface area contributed by atoms with Crippen LogP contribution in [0.1, 0.15) is 44.9 Å². The zero-order chi connectivity index (χ0) is 13.7. The van der Waals surface area contributed by atoms with Gasteiger partial charge in [-0.15, -0.1) is 0 Å². The molecule has 0 radical (unpaired) electrons. The van der Waals surface area contributed by atoms with Gasteiger partial charge in [0.2, 0.25) is 0 Å². The van der Waals surface area contributed by atoms with Crippen LogP contribution in [-0.2, 0) is 4.79 Å². The lowest BCUT2D eigenvalue weighted by atomic mass is 9.93. The predicted octanol–water partition coefficient (Wildman–Crippen LogP) is 1.97. The van der Waals surface area contributed by atoms with E-state index in [1.807, 2.05) is 11.8 Å². The number of hydrogen-bond acceptors (Lipinski definition) is 3. The number of carbonyl (C=O) groups excluding carboxylic acids is 1. The van der Waals surface area contributed by atoms with E-state index in [9.17, 15) is 9.59 Å². The fraction of sp³-hybridized carbons (Fsp3) is 0.846. The van der Waals surface area contributed by atoms with E-state index in [2.05, 4.69) is 10.6 Å². The lowest BCUT2D eigenvalue weighted by Gasteiger charge is -2.30. The zero-order valence-corrected chi connectivity index (χ0v) is 11.9. The Morgan fingerprint density at radius 1 is 1.21 bits per heavy atom. The van der Waals surface area contributed by atoms with Gasteiger partial charge >= 0.3 is 12.0 Å². The molecule has 3 N–H and O–H groups in total. The molecule has 0 aromatic rings. The lowest BCUT2D eigenvalue weighted by molar-refractivity contribution is -0.138. The van der Waals surface area contributed by atoms with Crippen molar-refractivity contribution < 1.29 is 14.7 Å². The van der Waals surface area contributed by atoms with Crippen molar-refractivity contribution in [2.45, 2.75) is 56.5 Å². The second-order valence-corrected chi connectivity index (χ2v) is 6.77. The Labute approximate surface area is 117 Å². The van der Waals surface area contributed by atoms with E-state index >= 15 is 0 Å². The highest BCUT2D eigenvalue weighted by molar-refractivity contribution is 7.99. The summed E-state index contributed by atoms with van der Waals surface area (Å²) < 4.78 is 0. The van der Waals surface area contributed by atoms with Crippen LogP contribution < -0.4 is 10.6 Å². The summed E-state index contributed by atoms with van der Waals surface area (Å²) in [4.78, 5) is 23.0. The molecule has 0 unspecified atom stereocenters. The van der Waals surface area contributed by atoms with Crippen LogP contribution in [0.25, 0.3) is 0 Å². The van der Waals surface area contributed by atoms with E-state index in [0.29, 0.717) is 0 Å². The number of carbonyl (C=O) groups is 2. The molecule has 0 spiro atoms. The third-order valence-corrected chi connectivity index (χ3v) is 5.03. The molecule has 0 aromatic carbocycles. The van der Waals surface area contributed by atoms with Crippen LogP contribution in [0.15, 0.2) is 0 Å². The maximum Gasteiger partial charge on any atom is 0.315 e. The summed E-state index contributed by atoms with van der Waals surface area (Å²) in [6, 6.07) is 0.0459. The van der Waals surface area contributed by atoms with Crippen LogP contribution in [0.4, 0.5) is 4.79 Å². The van der Waals surface area contributed by atoms with Gasteiger partial charge in [0.15, 0.2) is 0 Å². The third-order valence-electron chi connectivity index (χ3n) is 3.99. The fourth-order valence-electron chi connectivity index (χ4n) is 2.99. The number of hydrogen-bond donors (Lipinski definition) is 3. The second kappa shape index (κ2) is 6.50. The second-order valence-electron chi connectivity index (χ2n) is 5.54. The first kappa shape index (κ1) is 14.5. The summed E-state index contributed by atoms with van der Waals surface area (Å²) in [7, 11) is 0. The molecule has 1 heterocycles. The van der Waals surface area contributed by atoms with Gasteiger partial charge in [-0.25, -0.2) is 4.79 Å². The number of nitrogens with one attached hydrogen (secondary N) is 2. The van der Waals surface area contributed by atoms with Crippen molar-refractivity contribution in [3.05, 3.63) is 0 Å². The number of aliphatic carboxylic acids is 1. The monoisotopic (exact) mass is 286 g/mol. The Kier molecular flexibility index (Phi) is 4.96. The molecule has 1 saturated carbocycles. The fourth-order valence-corrected chi connectivity index (χ4v) is 4.10. The first-order valence-electron chi connectivity index (χ1n) is 6.98. The first-order chi connectivity index (χ1) is 9.10. The van der Waals surface area contributed by atoms with E-state index < -0.39 is 11.5 Å². The van der Waals surface area contributed by atoms with Crippen molar-refractivity contribution >= 4 is 23.8 Å². The average molecular weight is 286 g/mol. The summed E-state index contributed by atoms with van der Waals surface area (Å²) in [6.45, 7) is 0. The number of amides is 2. The topological polar surface area (TPSA) is 78.4 Å². The third kappa shape index (κ3) is 4.30. The highest BCUT2D eigenvalue weighted by Crippen LogP contribution is 2.32. The Hall–Kier alpha value is -0.910. The van der Waals surface area contributed by atoms with E-state index in [1.54, 1.807) is 0 Å². The van der Waals surface area contributed by atoms with Crippen LogP contribution in [0.5, 0.6) is 0 Å². The Morgan fingerprint density at radius 3 is 2.42 bits per heavy atom. The molecule has 2 rings (SSSR count). The molecule has 108 valence electrons. The van der Waals surface area contributed by atoms with E-state index in [0.717, 1.165) is 50.0 Å². The highest BCUT2D eigenvalue weighted by atomic mass is 32.2. The normalized spacial score (nSPS) is 22.9. The molecule has 2 aliphatic rings. The molecule has 19 heavy (non-hydrogen) atoms. The summed E-state index contributed by atoms with van der Waals surface area (Å²) in [6.07, 6.45) is 5.57. The molecule has 0 aromatic heterocycles. The predicted molar refractivity (Wildman–Crippen MR) is 75.5 cm³/mol. The van der Waals surface area contributed by atoms with Crippen LogP contribution in [-0.4, -0.2) is 40.2 Å². The molecule has 0 atom stereocenters. The molecule has 6 heteroatoms. The van der Waals surface area contributed by atoms with Crippen molar-refractivity contribution in [2.24, 2.45) is 0 Å². The summed E-state index contributed by atoms with van der Waals surface area (Å²) in [5.41, 5.74) is -0.528. The van der Waals surface area contributed by atoms with Crippen molar-refractivity contribution in [2.75, 3.05) is 11.5 Å². The van der Waals surface area contributed by atoms with Gasteiger partial charge in [0.05, 0.1) is 12.0 Å². The highest BCUT2D eigenvalue weighted by Gasteiger charge is 2.37. The van der Waals surface area contributed by atoms with Gasteiger partial charge in [0.25, 0.3) is 0 Å². The van der Waals surface area contributed by atoms with Crippen LogP contribution in [0, 0.1) is 0 Å². The number of carboxylic acids is 1. The van der Waals surface area contributed by atoms with Gasteiger partial charge in [-0.3, -0.25) is 4.79 Å². The molecule has 2 fully saturated rings. The maximum atomic E-state index is 12.0. The van der Waals surface area contributed by atoms with Crippen molar-refractivity contribution in [3.8, 4) is 0 Å². The summed E-state index contributed by atoms with van der Waals surface area (Å²) in [5.74, 6) is 1.34. The Balaban J connectivity index is 1.86. The van der Waals surface area contributed by atoms with Crippen LogP contribution in [0.2, 0.25) is 0 Å². The minimum atomic E-state index is -0.837. The Bertz CT molecular complexity index is 337. The van der Waals surface area contributed by atoms with Crippen molar-refractivity contribution in [1.82, 2.24) is 10.6 Å². The minimum Gasteiger partial charge on any atom is -0.481 e. The molecule has 1 aliphatic carbocycles. The zero-order valence-electron chi connectivity index (χ0n) is 11.1. The van der Waals surface area contributed by atoms with Crippen molar-refractivity contribution in [3.63, 3.8) is 0 Å². The first-order valence-corrected chi connectivity index (χ1v) is 8.13.